The molecule has 2 N–H and O–H groups in total. The maximum Gasteiger partial charge on any atom is 0.411 e. The number of piperidine rings is 1. The van der Waals surface area contributed by atoms with Gasteiger partial charge >= 0.3 is 6.09 Å². The van der Waals surface area contributed by atoms with Gasteiger partial charge in [0.1, 0.15) is 11.4 Å². The Bertz CT molecular complexity index is 783. The van der Waals surface area contributed by atoms with E-state index in [9.17, 15) is 9.18 Å². The molecule has 1 aromatic carbocycles. The highest BCUT2D eigenvalue weighted by atomic mass is 19.1. The van der Waals surface area contributed by atoms with Crippen molar-refractivity contribution in [2.75, 3.05) is 6.54 Å². The third-order valence-corrected chi connectivity index (χ3v) is 4.48. The van der Waals surface area contributed by atoms with E-state index in [0.717, 1.165) is 10.9 Å². The molecule has 0 aliphatic carbocycles. The smallest absolute Gasteiger partial charge is 0.411 e. The average molecular weight is 345 g/mol. The largest absolute Gasteiger partial charge is 0.444 e. The Labute approximate surface area is 147 Å². The van der Waals surface area contributed by atoms with Crippen LogP contribution in [0.15, 0.2) is 30.6 Å². The summed E-state index contributed by atoms with van der Waals surface area (Å²) in [4.78, 5) is 17.8. The number of hydrogen-bond donors (Lipinski definition) is 1. The number of halogens is 1. The van der Waals surface area contributed by atoms with Crippen LogP contribution in [-0.2, 0) is 4.74 Å². The molecule has 25 heavy (non-hydrogen) atoms. The van der Waals surface area contributed by atoms with Crippen LogP contribution in [0.25, 0.3) is 10.8 Å². The van der Waals surface area contributed by atoms with Crippen molar-refractivity contribution in [3.05, 3.63) is 42.0 Å². The summed E-state index contributed by atoms with van der Waals surface area (Å²) in [5.74, 6) is -0.231. The molecule has 0 saturated carbocycles. The van der Waals surface area contributed by atoms with Crippen LogP contribution in [0.2, 0.25) is 0 Å². The fourth-order valence-electron chi connectivity index (χ4n) is 3.39. The highest BCUT2D eigenvalue weighted by Crippen LogP contribution is 2.35. The highest BCUT2D eigenvalue weighted by Gasteiger charge is 2.33. The number of amides is 1. The number of likely N-dealkylation sites (tertiary alicyclic amines) is 1. The van der Waals surface area contributed by atoms with E-state index in [1.165, 1.54) is 6.20 Å². The van der Waals surface area contributed by atoms with E-state index in [1.54, 1.807) is 11.1 Å². The van der Waals surface area contributed by atoms with Gasteiger partial charge in [-0.15, -0.1) is 0 Å². The van der Waals surface area contributed by atoms with E-state index >= 15 is 0 Å². The Hall–Kier alpha value is -2.21. The summed E-state index contributed by atoms with van der Waals surface area (Å²) in [6.07, 6.45) is 3.34. The number of carbonyl (C=O) groups excluding carboxylic acids is 1. The molecular formula is C19H24FN3O2. The molecule has 6 heteroatoms. The first kappa shape index (κ1) is 17.6. The second-order valence-electron chi connectivity index (χ2n) is 7.53. The van der Waals surface area contributed by atoms with E-state index in [-0.39, 0.29) is 11.7 Å². The first-order valence-electron chi connectivity index (χ1n) is 8.53. The van der Waals surface area contributed by atoms with Gasteiger partial charge in [-0.05, 0) is 45.1 Å². The van der Waals surface area contributed by atoms with E-state index in [2.05, 4.69) is 4.98 Å². The van der Waals surface area contributed by atoms with Crippen molar-refractivity contribution in [3.63, 3.8) is 0 Å². The van der Waals surface area contributed by atoms with Crippen LogP contribution >= 0.6 is 0 Å². The van der Waals surface area contributed by atoms with Crippen LogP contribution in [0.3, 0.4) is 0 Å². The van der Waals surface area contributed by atoms with Crippen molar-refractivity contribution >= 4 is 16.9 Å². The number of fused-ring (bicyclic) bond motifs is 1. The third kappa shape index (κ3) is 3.74. The predicted octanol–water partition coefficient (Wildman–Crippen LogP) is 3.77. The number of ether oxygens (including phenoxy) is 1. The maximum atomic E-state index is 14.3. The molecule has 0 bridgehead atoms. The lowest BCUT2D eigenvalue weighted by atomic mass is 9.85. The van der Waals surface area contributed by atoms with Gasteiger partial charge in [0.05, 0.1) is 12.4 Å². The molecule has 1 aliphatic heterocycles. The molecule has 0 radical (unpaired) electrons. The number of nitrogens with two attached hydrogens (primary N) is 1. The topological polar surface area (TPSA) is 68.5 Å². The van der Waals surface area contributed by atoms with Gasteiger partial charge < -0.3 is 10.5 Å². The van der Waals surface area contributed by atoms with Crippen molar-refractivity contribution in [1.29, 1.82) is 0 Å². The normalized spacial score (nSPS) is 21.4. The van der Waals surface area contributed by atoms with E-state index in [1.807, 2.05) is 39.0 Å². The molecule has 5 nitrogen and oxygen atoms in total. The van der Waals surface area contributed by atoms with Gasteiger partial charge in [-0.25, -0.2) is 9.18 Å². The fourth-order valence-corrected chi connectivity index (χ4v) is 3.39. The van der Waals surface area contributed by atoms with Gasteiger partial charge in [-0.1, -0.05) is 18.2 Å². The summed E-state index contributed by atoms with van der Waals surface area (Å²) in [5, 5.41) is 1.38. The second kappa shape index (κ2) is 6.59. The Balaban J connectivity index is 1.81. The van der Waals surface area contributed by atoms with Crippen molar-refractivity contribution < 1.29 is 13.9 Å². The number of carbonyl (C=O) groups is 1. The zero-order valence-corrected chi connectivity index (χ0v) is 14.8. The molecule has 134 valence electrons. The fraction of sp³-hybridized carbons (Fsp3) is 0.474. The van der Waals surface area contributed by atoms with Crippen LogP contribution in [0.1, 0.15) is 45.1 Å². The van der Waals surface area contributed by atoms with E-state index < -0.39 is 17.9 Å². The van der Waals surface area contributed by atoms with Gasteiger partial charge in [0, 0.05) is 23.5 Å². The summed E-state index contributed by atoms with van der Waals surface area (Å²) >= 11 is 0. The predicted molar refractivity (Wildman–Crippen MR) is 94.6 cm³/mol. The first-order valence-corrected chi connectivity index (χ1v) is 8.53. The number of nitrogens with zero attached hydrogens (tertiary/aromatic N) is 2. The van der Waals surface area contributed by atoms with Crippen LogP contribution in [0.4, 0.5) is 9.18 Å². The molecule has 1 aliphatic rings. The number of aromatic nitrogens is 1. The Morgan fingerprint density at radius 2 is 2.12 bits per heavy atom. The van der Waals surface area contributed by atoms with Gasteiger partial charge in [-0.3, -0.25) is 9.88 Å². The van der Waals surface area contributed by atoms with Crippen LogP contribution < -0.4 is 5.73 Å². The second-order valence-corrected chi connectivity index (χ2v) is 7.53. The minimum atomic E-state index is -0.556. The monoisotopic (exact) mass is 345 g/mol. The van der Waals surface area contributed by atoms with Crippen molar-refractivity contribution in [2.24, 2.45) is 5.73 Å². The molecule has 2 heterocycles. The lowest BCUT2D eigenvalue weighted by Gasteiger charge is -2.38. The Morgan fingerprint density at radius 1 is 1.36 bits per heavy atom. The molecule has 0 spiro atoms. The van der Waals surface area contributed by atoms with Gasteiger partial charge in [0.2, 0.25) is 0 Å². The van der Waals surface area contributed by atoms with E-state index in [0.29, 0.717) is 24.8 Å². The Kier molecular flexibility index (Phi) is 4.64. The minimum Gasteiger partial charge on any atom is -0.444 e. The first-order chi connectivity index (χ1) is 11.8. The number of benzene rings is 1. The molecule has 3 rings (SSSR count). The summed E-state index contributed by atoms with van der Waals surface area (Å²) in [7, 11) is 0. The lowest BCUT2D eigenvalue weighted by Crippen LogP contribution is -2.51. The van der Waals surface area contributed by atoms with E-state index in [4.69, 9.17) is 10.5 Å². The molecule has 1 fully saturated rings. The summed E-state index contributed by atoms with van der Waals surface area (Å²) in [6, 6.07) is 5.70. The summed E-state index contributed by atoms with van der Waals surface area (Å²) < 4.78 is 19.7. The highest BCUT2D eigenvalue weighted by molar-refractivity contribution is 5.86. The summed E-state index contributed by atoms with van der Waals surface area (Å²) in [6.45, 7) is 5.98. The summed E-state index contributed by atoms with van der Waals surface area (Å²) in [5.41, 5.74) is 6.60. The molecule has 1 aromatic heterocycles. The lowest BCUT2D eigenvalue weighted by molar-refractivity contribution is 0.00892. The number of rotatable bonds is 1. The quantitative estimate of drug-likeness (QED) is 0.854. The van der Waals surface area contributed by atoms with Gasteiger partial charge in [0.15, 0.2) is 0 Å². The van der Waals surface area contributed by atoms with Crippen LogP contribution in [-0.4, -0.2) is 34.3 Å². The maximum absolute atomic E-state index is 14.3. The zero-order chi connectivity index (χ0) is 18.2. The standard InChI is InChI=1S/C19H24FN3O2/c1-19(2,3)25-18(24)23-8-7-12(9-16(23)21)14-6-4-5-13-10-22-11-15(20)17(13)14/h4-6,10-12,16H,7-9,21H2,1-3H3. The van der Waals surface area contributed by atoms with Crippen molar-refractivity contribution in [2.45, 2.75) is 51.3 Å². The SMILES string of the molecule is CC(C)(C)OC(=O)N1CCC(c2cccc3cncc(F)c23)CC1N. The molecule has 1 saturated heterocycles. The zero-order valence-electron chi connectivity index (χ0n) is 14.8. The molecule has 2 unspecified atom stereocenters. The van der Waals surface area contributed by atoms with Crippen molar-refractivity contribution in [3.8, 4) is 0 Å². The number of hydrogen-bond acceptors (Lipinski definition) is 4. The molecular weight excluding hydrogens is 321 g/mol. The van der Waals surface area contributed by atoms with Crippen molar-refractivity contribution in [1.82, 2.24) is 9.88 Å². The third-order valence-electron chi connectivity index (χ3n) is 4.48. The molecule has 2 atom stereocenters. The Morgan fingerprint density at radius 3 is 2.80 bits per heavy atom. The minimum absolute atomic E-state index is 0.0919. The average Bonchev–Trinajstić information content (AvgIpc) is 2.52. The van der Waals surface area contributed by atoms with Crippen LogP contribution in [0.5, 0.6) is 0 Å². The number of pyridine rings is 1. The van der Waals surface area contributed by atoms with Crippen LogP contribution in [0, 0.1) is 5.82 Å². The molecule has 1 amide bonds. The van der Waals surface area contributed by atoms with Gasteiger partial charge in [0.25, 0.3) is 0 Å². The molecule has 2 aromatic rings. The van der Waals surface area contributed by atoms with Gasteiger partial charge in [-0.2, -0.15) is 0 Å².